The second kappa shape index (κ2) is 5.57. The minimum absolute atomic E-state index is 0.0604. The van der Waals surface area contributed by atoms with Crippen LogP contribution in [-0.2, 0) is 6.42 Å². The molecular formula is C16H23N3. The maximum atomic E-state index is 6.22. The molecule has 2 aromatic rings. The number of nitrogens with zero attached hydrogens (tertiary/aromatic N) is 2. The third-order valence-electron chi connectivity index (χ3n) is 3.80. The Bertz CT molecular complexity index is 569. The predicted molar refractivity (Wildman–Crippen MR) is 79.6 cm³/mol. The third kappa shape index (κ3) is 2.43. The van der Waals surface area contributed by atoms with E-state index in [0.717, 1.165) is 24.2 Å². The van der Waals surface area contributed by atoms with Crippen molar-refractivity contribution in [3.05, 3.63) is 46.8 Å². The number of aryl methyl sites for hydroxylation is 1. The minimum atomic E-state index is 0.0604. The quantitative estimate of drug-likeness (QED) is 0.911. The van der Waals surface area contributed by atoms with Crippen LogP contribution in [0.1, 0.15) is 48.8 Å². The Balaban J connectivity index is 2.59. The first-order chi connectivity index (χ1) is 9.10. The Morgan fingerprint density at radius 2 is 1.89 bits per heavy atom. The number of nitrogens with two attached hydrogens (primary N) is 1. The first-order valence-corrected chi connectivity index (χ1v) is 7.00. The van der Waals surface area contributed by atoms with Gasteiger partial charge in [-0.3, -0.25) is 0 Å². The molecule has 1 atom stereocenters. The topological polar surface area (TPSA) is 43.8 Å². The lowest BCUT2D eigenvalue weighted by molar-refractivity contribution is 0.683. The molecule has 0 radical (unpaired) electrons. The van der Waals surface area contributed by atoms with E-state index in [9.17, 15) is 0 Å². The summed E-state index contributed by atoms with van der Waals surface area (Å²) in [5.74, 6) is 0. The van der Waals surface area contributed by atoms with Gasteiger partial charge in [0.25, 0.3) is 0 Å². The van der Waals surface area contributed by atoms with Crippen LogP contribution in [0.25, 0.3) is 5.69 Å². The van der Waals surface area contributed by atoms with Crippen molar-refractivity contribution in [2.24, 2.45) is 5.73 Å². The van der Waals surface area contributed by atoms with Crippen LogP contribution in [-0.4, -0.2) is 9.78 Å². The van der Waals surface area contributed by atoms with Crippen molar-refractivity contribution in [2.75, 3.05) is 0 Å². The smallest absolute Gasteiger partial charge is 0.0696 e. The second-order valence-electron chi connectivity index (χ2n) is 4.99. The van der Waals surface area contributed by atoms with Crippen molar-refractivity contribution in [2.45, 2.75) is 46.6 Å². The van der Waals surface area contributed by atoms with Gasteiger partial charge in [0.05, 0.1) is 11.4 Å². The molecule has 1 aromatic heterocycles. The molecular weight excluding hydrogens is 234 g/mol. The van der Waals surface area contributed by atoms with E-state index in [1.807, 2.05) is 16.8 Å². The van der Waals surface area contributed by atoms with Crippen LogP contribution in [0.4, 0.5) is 0 Å². The van der Waals surface area contributed by atoms with Gasteiger partial charge in [0, 0.05) is 11.7 Å². The highest BCUT2D eigenvalue weighted by atomic mass is 15.3. The van der Waals surface area contributed by atoms with Gasteiger partial charge >= 0.3 is 0 Å². The highest BCUT2D eigenvalue weighted by molar-refractivity contribution is 5.45. The molecule has 0 amide bonds. The number of hydrogen-bond acceptors (Lipinski definition) is 2. The number of para-hydroxylation sites is 1. The first-order valence-electron chi connectivity index (χ1n) is 7.00. The van der Waals surface area contributed by atoms with Crippen LogP contribution in [0, 0.1) is 13.8 Å². The van der Waals surface area contributed by atoms with E-state index < -0.39 is 0 Å². The molecule has 0 fully saturated rings. The summed E-state index contributed by atoms with van der Waals surface area (Å²) in [4.78, 5) is 0. The van der Waals surface area contributed by atoms with Crippen molar-refractivity contribution in [3.63, 3.8) is 0 Å². The fraction of sp³-hybridized carbons (Fsp3) is 0.438. The Hall–Kier alpha value is -1.61. The molecule has 1 unspecified atom stereocenters. The maximum absolute atomic E-state index is 6.22. The molecule has 1 heterocycles. The van der Waals surface area contributed by atoms with Crippen LogP contribution < -0.4 is 5.73 Å². The SMILES string of the molecule is CCc1c(C)nn(-c2ccccc2C(N)CC)c1C. The van der Waals surface area contributed by atoms with Gasteiger partial charge in [0.2, 0.25) is 0 Å². The van der Waals surface area contributed by atoms with Crippen molar-refractivity contribution in [1.82, 2.24) is 9.78 Å². The monoisotopic (exact) mass is 257 g/mol. The molecule has 0 aliphatic rings. The summed E-state index contributed by atoms with van der Waals surface area (Å²) in [5, 5.41) is 4.69. The summed E-state index contributed by atoms with van der Waals surface area (Å²) in [6, 6.07) is 8.35. The molecule has 0 saturated heterocycles. The van der Waals surface area contributed by atoms with Crippen LogP contribution in [0.5, 0.6) is 0 Å². The average molecular weight is 257 g/mol. The fourth-order valence-electron chi connectivity index (χ4n) is 2.64. The van der Waals surface area contributed by atoms with Gasteiger partial charge in [0.1, 0.15) is 0 Å². The van der Waals surface area contributed by atoms with Gasteiger partial charge < -0.3 is 5.73 Å². The number of benzene rings is 1. The maximum Gasteiger partial charge on any atom is 0.0696 e. The summed E-state index contributed by atoms with van der Waals surface area (Å²) in [7, 11) is 0. The summed E-state index contributed by atoms with van der Waals surface area (Å²) < 4.78 is 2.04. The van der Waals surface area contributed by atoms with Gasteiger partial charge in [0.15, 0.2) is 0 Å². The largest absolute Gasteiger partial charge is 0.324 e. The Morgan fingerprint density at radius 1 is 1.21 bits per heavy atom. The van der Waals surface area contributed by atoms with Gasteiger partial charge in [-0.1, -0.05) is 32.0 Å². The average Bonchev–Trinajstić information content (AvgIpc) is 2.72. The molecule has 0 aliphatic heterocycles. The Morgan fingerprint density at radius 3 is 2.47 bits per heavy atom. The molecule has 1 aromatic carbocycles. The molecule has 3 heteroatoms. The van der Waals surface area contributed by atoms with Crippen molar-refractivity contribution < 1.29 is 0 Å². The van der Waals surface area contributed by atoms with Gasteiger partial charge in [-0.15, -0.1) is 0 Å². The number of hydrogen-bond donors (Lipinski definition) is 1. The van der Waals surface area contributed by atoms with E-state index in [1.54, 1.807) is 0 Å². The van der Waals surface area contributed by atoms with Gasteiger partial charge in [-0.05, 0) is 43.9 Å². The number of aromatic nitrogens is 2. The molecule has 0 bridgehead atoms. The molecule has 0 aliphatic carbocycles. The first kappa shape index (κ1) is 13.8. The summed E-state index contributed by atoms with van der Waals surface area (Å²) in [6.07, 6.45) is 1.94. The van der Waals surface area contributed by atoms with E-state index >= 15 is 0 Å². The zero-order valence-electron chi connectivity index (χ0n) is 12.3. The third-order valence-corrected chi connectivity index (χ3v) is 3.80. The number of rotatable bonds is 4. The highest BCUT2D eigenvalue weighted by Crippen LogP contribution is 2.25. The Kier molecular flexibility index (Phi) is 4.05. The lowest BCUT2D eigenvalue weighted by atomic mass is 10.0. The normalized spacial score (nSPS) is 12.7. The molecule has 2 rings (SSSR count). The van der Waals surface area contributed by atoms with Gasteiger partial charge in [-0.25, -0.2) is 4.68 Å². The van der Waals surface area contributed by atoms with E-state index in [1.165, 1.54) is 16.8 Å². The lowest BCUT2D eigenvalue weighted by Crippen LogP contribution is -2.13. The molecule has 19 heavy (non-hydrogen) atoms. The lowest BCUT2D eigenvalue weighted by Gasteiger charge is -2.16. The van der Waals surface area contributed by atoms with E-state index in [-0.39, 0.29) is 6.04 Å². The van der Waals surface area contributed by atoms with Crippen LogP contribution in [0.15, 0.2) is 24.3 Å². The standard InChI is InChI=1S/C16H23N3/c1-5-13-11(3)18-19(12(13)4)16-10-8-7-9-14(16)15(17)6-2/h7-10,15H,5-6,17H2,1-4H3. The highest BCUT2D eigenvalue weighted by Gasteiger charge is 2.15. The Labute approximate surface area is 115 Å². The summed E-state index contributed by atoms with van der Waals surface area (Å²) in [5.41, 5.74) is 12.2. The van der Waals surface area contributed by atoms with Crippen molar-refractivity contribution in [3.8, 4) is 5.69 Å². The van der Waals surface area contributed by atoms with Crippen LogP contribution in [0.2, 0.25) is 0 Å². The zero-order chi connectivity index (χ0) is 14.0. The molecule has 0 spiro atoms. The molecule has 2 N–H and O–H groups in total. The fourth-order valence-corrected chi connectivity index (χ4v) is 2.64. The van der Waals surface area contributed by atoms with Crippen molar-refractivity contribution in [1.29, 1.82) is 0 Å². The van der Waals surface area contributed by atoms with E-state index in [0.29, 0.717) is 0 Å². The van der Waals surface area contributed by atoms with E-state index in [2.05, 4.69) is 44.9 Å². The summed E-state index contributed by atoms with van der Waals surface area (Å²) in [6.45, 7) is 8.49. The minimum Gasteiger partial charge on any atom is -0.324 e. The van der Waals surface area contributed by atoms with Crippen molar-refractivity contribution >= 4 is 0 Å². The molecule has 3 nitrogen and oxygen atoms in total. The predicted octanol–water partition coefficient (Wildman–Crippen LogP) is 3.46. The van der Waals surface area contributed by atoms with Gasteiger partial charge in [-0.2, -0.15) is 5.10 Å². The summed E-state index contributed by atoms with van der Waals surface area (Å²) >= 11 is 0. The zero-order valence-corrected chi connectivity index (χ0v) is 12.3. The molecule has 0 saturated carbocycles. The van der Waals surface area contributed by atoms with E-state index in [4.69, 9.17) is 5.73 Å². The molecule has 102 valence electrons. The van der Waals surface area contributed by atoms with Crippen LogP contribution in [0.3, 0.4) is 0 Å². The van der Waals surface area contributed by atoms with Crippen LogP contribution >= 0.6 is 0 Å². The second-order valence-corrected chi connectivity index (χ2v) is 4.99.